The number of methoxy groups -OCH3 is 1. The average Bonchev–Trinajstić information content (AvgIpc) is 3.30. The Morgan fingerprint density at radius 1 is 1.17 bits per heavy atom. The summed E-state index contributed by atoms with van der Waals surface area (Å²) in [6.45, 7) is 15.7. The van der Waals surface area contributed by atoms with Crippen LogP contribution in [0.1, 0.15) is 87.5 Å². The van der Waals surface area contributed by atoms with Crippen molar-refractivity contribution in [3.05, 3.63) is 10.4 Å². The molecular weight excluding hydrogens is 624 g/mol. The number of Topliss-reactive ketones (excluding diaryl/α,β-unsaturated/α-hetero) is 1. The minimum Gasteiger partial charge on any atom is -0.458 e. The quantitative estimate of drug-likeness (QED) is 0.0801. The minimum atomic E-state index is -1.23. The number of nitrogens with two attached hydrogens (primary N) is 1. The Hall–Kier alpha value is -2.52. The molecule has 1 amide bonds. The van der Waals surface area contributed by atoms with Gasteiger partial charge in [0.05, 0.1) is 23.9 Å². The van der Waals surface area contributed by atoms with E-state index in [1.54, 1.807) is 25.9 Å². The first kappa shape index (κ1) is 39.9. The summed E-state index contributed by atoms with van der Waals surface area (Å²) in [5, 5.41) is 18.1. The van der Waals surface area contributed by atoms with Gasteiger partial charge in [0.15, 0.2) is 17.7 Å². The maximum atomic E-state index is 14.1. The molecule has 0 spiro atoms. The largest absolute Gasteiger partial charge is 0.458 e. The van der Waals surface area contributed by atoms with E-state index in [0.29, 0.717) is 51.7 Å². The Bertz CT molecular complexity index is 1170. The number of hydrogen-bond acceptors (Lipinski definition) is 12. The summed E-state index contributed by atoms with van der Waals surface area (Å²) in [6.07, 6.45) is -2.41. The molecule has 0 radical (unpaired) electrons. The van der Waals surface area contributed by atoms with E-state index < -0.39 is 77.6 Å². The molecule has 0 aliphatic carbocycles. The van der Waals surface area contributed by atoms with Crippen LogP contribution in [0.2, 0.25) is 0 Å². The van der Waals surface area contributed by atoms with Crippen LogP contribution in [-0.4, -0.2) is 115 Å². The van der Waals surface area contributed by atoms with Gasteiger partial charge in [0.25, 0.3) is 0 Å². The number of ketones is 1. The lowest BCUT2D eigenvalue weighted by molar-refractivity contribution is -0.288. The molecular formula is C33H58N6O9. The van der Waals surface area contributed by atoms with E-state index in [2.05, 4.69) is 22.3 Å². The van der Waals surface area contributed by atoms with Crippen LogP contribution in [0.15, 0.2) is 5.11 Å². The number of fused-ring (bicyclic) bond motifs is 1. The first-order valence-electron chi connectivity index (χ1n) is 17.3. The smallest absolute Gasteiger partial charge is 0.410 e. The molecule has 0 bridgehead atoms. The number of nitrogens with zero attached hydrogens (tertiary/aromatic N) is 4. The number of aliphatic hydroxyl groups excluding tert-OH is 1. The number of nitrogens with one attached hydrogen (secondary N) is 1. The number of cyclic esters (lactones) is 1. The summed E-state index contributed by atoms with van der Waals surface area (Å²) in [6, 6.07) is -1.40. The second-order valence-corrected chi connectivity index (χ2v) is 14.4. The van der Waals surface area contributed by atoms with Crippen molar-refractivity contribution in [2.45, 2.75) is 148 Å². The van der Waals surface area contributed by atoms with Gasteiger partial charge >= 0.3 is 12.1 Å². The molecule has 48 heavy (non-hydrogen) atoms. The molecule has 0 saturated carbocycles. The predicted molar refractivity (Wildman–Crippen MR) is 177 cm³/mol. The van der Waals surface area contributed by atoms with Crippen molar-refractivity contribution in [1.82, 2.24) is 10.2 Å². The van der Waals surface area contributed by atoms with Crippen LogP contribution in [0.4, 0.5) is 4.79 Å². The molecule has 274 valence electrons. The van der Waals surface area contributed by atoms with Gasteiger partial charge in [-0.3, -0.25) is 14.5 Å². The monoisotopic (exact) mass is 682 g/mol. The van der Waals surface area contributed by atoms with Crippen molar-refractivity contribution in [2.24, 2.45) is 28.6 Å². The second kappa shape index (κ2) is 16.9. The number of rotatable bonds is 9. The summed E-state index contributed by atoms with van der Waals surface area (Å²) in [4.78, 5) is 45.7. The molecule has 15 heteroatoms. The maximum absolute atomic E-state index is 14.1. The van der Waals surface area contributed by atoms with Crippen LogP contribution in [0.5, 0.6) is 0 Å². The fourth-order valence-electron chi connectivity index (χ4n) is 7.72. The van der Waals surface area contributed by atoms with E-state index in [-0.39, 0.29) is 18.1 Å². The molecule has 0 aromatic carbocycles. The molecule has 15 nitrogen and oxygen atoms in total. The normalized spacial score (nSPS) is 41.8. The Morgan fingerprint density at radius 3 is 2.48 bits per heavy atom. The van der Waals surface area contributed by atoms with E-state index in [4.69, 9.17) is 34.9 Å². The van der Waals surface area contributed by atoms with Gasteiger partial charge in [-0.2, -0.15) is 0 Å². The third kappa shape index (κ3) is 8.79. The standard InChI is InChI=1S/C33H58N6O9/c1-10-24-33(8)27(39(31(43)48-33)14-12-11-13-37-38-35)22(6)36-17-18(2)16-32(7,44-9)28(20(4)25(40)21(5)29(42)46-24)47-30-26(41)23(34)15-19(3)45-30/h18-24,26-28,30,36,41H,10-17,34H2,1-9H3/t18-,19?,20-,21-,22-,23?,24-,26?,27-,28-,30+,32-,33-/m1/s1. The fourth-order valence-corrected chi connectivity index (χ4v) is 7.72. The van der Waals surface area contributed by atoms with E-state index >= 15 is 0 Å². The Kier molecular flexibility index (Phi) is 14.1. The van der Waals surface area contributed by atoms with Crippen LogP contribution in [-0.2, 0) is 33.3 Å². The van der Waals surface area contributed by atoms with E-state index in [9.17, 15) is 19.5 Å². The lowest BCUT2D eigenvalue weighted by atomic mass is 9.78. The third-order valence-electron chi connectivity index (χ3n) is 10.4. The molecule has 3 aliphatic heterocycles. The lowest BCUT2D eigenvalue weighted by Gasteiger charge is -2.45. The Balaban J connectivity index is 2.01. The van der Waals surface area contributed by atoms with Gasteiger partial charge in [-0.1, -0.05) is 25.9 Å². The van der Waals surface area contributed by atoms with Crippen molar-refractivity contribution in [3.63, 3.8) is 0 Å². The predicted octanol–water partition coefficient (Wildman–Crippen LogP) is 3.45. The van der Waals surface area contributed by atoms with Crippen LogP contribution in [0.25, 0.3) is 10.4 Å². The van der Waals surface area contributed by atoms with Crippen LogP contribution in [0.3, 0.4) is 0 Å². The van der Waals surface area contributed by atoms with Crippen LogP contribution >= 0.6 is 0 Å². The van der Waals surface area contributed by atoms with Gasteiger partial charge in [0.2, 0.25) is 0 Å². The Morgan fingerprint density at radius 2 is 1.85 bits per heavy atom. The summed E-state index contributed by atoms with van der Waals surface area (Å²) in [7, 11) is 1.55. The highest BCUT2D eigenvalue weighted by Crippen LogP contribution is 2.40. The number of esters is 1. The van der Waals surface area contributed by atoms with E-state index in [1.165, 1.54) is 6.92 Å². The molecule has 0 aromatic heterocycles. The number of azide groups is 1. The van der Waals surface area contributed by atoms with Crippen molar-refractivity contribution in [2.75, 3.05) is 26.7 Å². The molecule has 3 aliphatic rings. The van der Waals surface area contributed by atoms with Gasteiger partial charge in [0.1, 0.15) is 18.1 Å². The minimum absolute atomic E-state index is 0.0202. The van der Waals surface area contributed by atoms with Gasteiger partial charge in [-0.25, -0.2) is 4.79 Å². The Labute approximate surface area is 284 Å². The van der Waals surface area contributed by atoms with Gasteiger partial charge in [0, 0.05) is 43.1 Å². The van der Waals surface area contributed by atoms with Crippen LogP contribution in [0, 0.1) is 17.8 Å². The zero-order valence-corrected chi connectivity index (χ0v) is 30.1. The number of amides is 1. The van der Waals surface area contributed by atoms with Crippen molar-refractivity contribution in [1.29, 1.82) is 0 Å². The molecule has 0 aromatic rings. The number of unbranched alkanes of at least 4 members (excludes halogenated alkanes) is 1. The summed E-state index contributed by atoms with van der Waals surface area (Å²) in [5.74, 6) is -3.25. The van der Waals surface area contributed by atoms with Crippen LogP contribution < -0.4 is 11.1 Å². The molecule has 3 saturated heterocycles. The highest BCUT2D eigenvalue weighted by atomic mass is 16.7. The SMILES string of the molecule is CC[C@H]1OC(=O)[C@H](C)C(=O)[C@@H](C)[C@@H](O[C@@H]2OC(C)CC(N)C2O)[C@](C)(OC)C[C@@H](C)CN[C@H](C)[C@H]2N(CCCCN=[N+]=[N-])C(=O)O[C@]12C. The number of aliphatic hydroxyl groups is 1. The zero-order chi connectivity index (χ0) is 36.0. The molecule has 13 atom stereocenters. The summed E-state index contributed by atoms with van der Waals surface area (Å²) >= 11 is 0. The van der Waals surface area contributed by atoms with E-state index in [0.717, 1.165) is 0 Å². The first-order chi connectivity index (χ1) is 22.5. The maximum Gasteiger partial charge on any atom is 0.410 e. The molecule has 3 rings (SSSR count). The molecule has 3 unspecified atom stereocenters. The fraction of sp³-hybridized carbons (Fsp3) is 0.909. The summed E-state index contributed by atoms with van der Waals surface area (Å²) in [5.41, 5.74) is 12.5. The average molecular weight is 683 g/mol. The van der Waals surface area contributed by atoms with Gasteiger partial charge in [-0.15, -0.1) is 0 Å². The topological polar surface area (TPSA) is 208 Å². The zero-order valence-electron chi connectivity index (χ0n) is 30.1. The van der Waals surface area contributed by atoms with E-state index in [1.807, 2.05) is 27.7 Å². The number of hydrogen-bond donors (Lipinski definition) is 3. The lowest BCUT2D eigenvalue weighted by Crippen LogP contribution is -2.61. The van der Waals surface area contributed by atoms with Crippen molar-refractivity contribution in [3.8, 4) is 0 Å². The second-order valence-electron chi connectivity index (χ2n) is 14.4. The highest BCUT2D eigenvalue weighted by Gasteiger charge is 2.58. The number of carbonyl (C=O) groups excluding carboxylic acids is 3. The molecule has 3 fully saturated rings. The molecule has 4 N–H and O–H groups in total. The van der Waals surface area contributed by atoms with Crippen molar-refractivity contribution < 1.29 is 43.2 Å². The highest BCUT2D eigenvalue weighted by molar-refractivity contribution is 6.00. The molecule has 3 heterocycles. The first-order valence-corrected chi connectivity index (χ1v) is 17.3. The van der Waals surface area contributed by atoms with Gasteiger partial charge in [-0.05, 0) is 84.7 Å². The number of carbonyl (C=O) groups is 3. The van der Waals surface area contributed by atoms with Gasteiger partial charge < -0.3 is 39.8 Å². The van der Waals surface area contributed by atoms with Crippen molar-refractivity contribution >= 4 is 17.8 Å². The third-order valence-corrected chi connectivity index (χ3v) is 10.4. The summed E-state index contributed by atoms with van der Waals surface area (Å²) < 4.78 is 30.6. The number of ether oxygens (including phenoxy) is 5.